The molecule has 102 valence electrons. The van der Waals surface area contributed by atoms with Crippen molar-refractivity contribution in [3.8, 4) is 0 Å². The number of rotatable bonds is 7. The number of carbonyl (C=O) groups excluding carboxylic acids is 1. The Morgan fingerprint density at radius 2 is 1.84 bits per heavy atom. The van der Waals surface area contributed by atoms with Crippen molar-refractivity contribution in [3.05, 3.63) is 35.9 Å². The summed E-state index contributed by atoms with van der Waals surface area (Å²) >= 11 is 0. The molecule has 0 saturated heterocycles. The van der Waals surface area contributed by atoms with Crippen LogP contribution in [-0.4, -0.2) is 19.0 Å². The Labute approximate surface area is 114 Å². The maximum absolute atomic E-state index is 11.5. The van der Waals surface area contributed by atoms with Crippen LogP contribution in [0.1, 0.15) is 37.3 Å². The van der Waals surface area contributed by atoms with E-state index in [9.17, 15) is 4.79 Å². The van der Waals surface area contributed by atoms with Crippen molar-refractivity contribution in [1.29, 1.82) is 0 Å². The van der Waals surface area contributed by atoms with Gasteiger partial charge in [0.15, 0.2) is 0 Å². The first-order chi connectivity index (χ1) is 9.34. The summed E-state index contributed by atoms with van der Waals surface area (Å²) in [6.07, 6.45) is 4.80. The fraction of sp³-hybridized carbons (Fsp3) is 0.562. The van der Waals surface area contributed by atoms with Crippen molar-refractivity contribution in [1.82, 2.24) is 10.6 Å². The summed E-state index contributed by atoms with van der Waals surface area (Å²) in [7, 11) is 0. The number of carbonyl (C=O) groups is 1. The highest BCUT2D eigenvalue weighted by Crippen LogP contribution is 2.40. The fourth-order valence-corrected chi connectivity index (χ4v) is 2.55. The monoisotopic (exact) mass is 258 g/mol. The first-order valence-corrected chi connectivity index (χ1v) is 7.40. The molecule has 1 aromatic rings. The molecule has 3 rings (SSSR count). The molecular weight excluding hydrogens is 236 g/mol. The molecule has 3 nitrogen and oxygen atoms in total. The minimum atomic E-state index is 0.240. The molecule has 2 aliphatic rings. The maximum Gasteiger partial charge on any atom is 0.223 e. The van der Waals surface area contributed by atoms with Crippen LogP contribution in [0.4, 0.5) is 0 Å². The van der Waals surface area contributed by atoms with Crippen LogP contribution in [-0.2, 0) is 4.79 Å². The van der Waals surface area contributed by atoms with E-state index in [1.165, 1.54) is 18.4 Å². The molecule has 2 saturated carbocycles. The molecule has 0 aliphatic heterocycles. The Balaban J connectivity index is 1.45. The van der Waals surface area contributed by atoms with Gasteiger partial charge in [0.05, 0.1) is 0 Å². The van der Waals surface area contributed by atoms with E-state index in [2.05, 4.69) is 41.0 Å². The summed E-state index contributed by atoms with van der Waals surface area (Å²) in [6, 6.07) is 11.1. The van der Waals surface area contributed by atoms with Gasteiger partial charge in [-0.1, -0.05) is 30.3 Å². The van der Waals surface area contributed by atoms with E-state index >= 15 is 0 Å². The van der Waals surface area contributed by atoms with Gasteiger partial charge >= 0.3 is 0 Å². The molecule has 1 aromatic carbocycles. The highest BCUT2D eigenvalue weighted by atomic mass is 16.2. The van der Waals surface area contributed by atoms with Gasteiger partial charge in [-0.25, -0.2) is 0 Å². The lowest BCUT2D eigenvalue weighted by molar-refractivity contribution is -0.122. The van der Waals surface area contributed by atoms with Crippen molar-refractivity contribution in [2.45, 2.75) is 31.7 Å². The number of amides is 1. The van der Waals surface area contributed by atoms with Gasteiger partial charge in [-0.05, 0) is 37.2 Å². The molecule has 1 atom stereocenters. The van der Waals surface area contributed by atoms with E-state index < -0.39 is 0 Å². The van der Waals surface area contributed by atoms with Gasteiger partial charge in [-0.3, -0.25) is 4.79 Å². The highest BCUT2D eigenvalue weighted by Gasteiger charge is 2.32. The van der Waals surface area contributed by atoms with Gasteiger partial charge < -0.3 is 10.6 Å². The Morgan fingerprint density at radius 1 is 1.11 bits per heavy atom. The molecule has 1 amide bonds. The van der Waals surface area contributed by atoms with Gasteiger partial charge in [-0.15, -0.1) is 0 Å². The summed E-state index contributed by atoms with van der Waals surface area (Å²) in [6.45, 7) is 1.60. The third kappa shape index (κ3) is 3.57. The van der Waals surface area contributed by atoms with Crippen molar-refractivity contribution in [3.63, 3.8) is 0 Å². The molecule has 0 heterocycles. The lowest BCUT2D eigenvalue weighted by Gasteiger charge is -2.19. The Morgan fingerprint density at radius 3 is 2.47 bits per heavy atom. The lowest BCUT2D eigenvalue weighted by atomic mass is 10.0. The zero-order chi connectivity index (χ0) is 13.1. The Bertz CT molecular complexity index is 424. The minimum absolute atomic E-state index is 0.240. The summed E-state index contributed by atoms with van der Waals surface area (Å²) in [5, 5.41) is 6.61. The van der Waals surface area contributed by atoms with Crippen LogP contribution in [0, 0.1) is 11.8 Å². The van der Waals surface area contributed by atoms with Gasteiger partial charge in [0.1, 0.15) is 0 Å². The van der Waals surface area contributed by atoms with Gasteiger partial charge in [0, 0.05) is 25.0 Å². The average molecular weight is 258 g/mol. The van der Waals surface area contributed by atoms with E-state index in [0.717, 1.165) is 31.8 Å². The first-order valence-electron chi connectivity index (χ1n) is 7.40. The summed E-state index contributed by atoms with van der Waals surface area (Å²) in [5.41, 5.74) is 1.37. The van der Waals surface area contributed by atoms with Crippen LogP contribution in [0.5, 0.6) is 0 Å². The summed E-state index contributed by atoms with van der Waals surface area (Å²) < 4.78 is 0. The molecule has 2 aliphatic carbocycles. The molecule has 3 heteroatoms. The predicted octanol–water partition coefficient (Wildman–Crippen LogP) is 2.25. The van der Waals surface area contributed by atoms with Gasteiger partial charge in [0.2, 0.25) is 5.91 Å². The van der Waals surface area contributed by atoms with Crippen molar-refractivity contribution >= 4 is 5.91 Å². The van der Waals surface area contributed by atoms with Crippen LogP contribution in [0.15, 0.2) is 30.3 Å². The Kier molecular flexibility index (Phi) is 3.83. The quantitative estimate of drug-likeness (QED) is 0.737. The molecule has 1 unspecified atom stereocenters. The fourth-order valence-electron chi connectivity index (χ4n) is 2.55. The smallest absolute Gasteiger partial charge is 0.223 e. The lowest BCUT2D eigenvalue weighted by Crippen LogP contribution is -2.34. The van der Waals surface area contributed by atoms with E-state index in [1.54, 1.807) is 0 Å². The Hall–Kier alpha value is -1.35. The molecule has 2 N–H and O–H groups in total. The third-order valence-corrected chi connectivity index (χ3v) is 3.99. The SMILES string of the molecule is O=C(NCCNC(c1ccccc1)C1CC1)C1CC1. The second-order valence-corrected chi connectivity index (χ2v) is 5.75. The normalized spacial score (nSPS) is 20.0. The number of hydrogen-bond donors (Lipinski definition) is 2. The van der Waals surface area contributed by atoms with E-state index in [1.807, 2.05) is 0 Å². The standard InChI is InChI=1S/C16H22N2O/c19-16(14-8-9-14)18-11-10-17-15(13-6-7-13)12-4-2-1-3-5-12/h1-5,13-15,17H,6-11H2,(H,18,19). The topological polar surface area (TPSA) is 41.1 Å². The molecule has 19 heavy (non-hydrogen) atoms. The van der Waals surface area contributed by atoms with E-state index in [4.69, 9.17) is 0 Å². The maximum atomic E-state index is 11.5. The molecule has 0 bridgehead atoms. The first kappa shape index (κ1) is 12.7. The summed E-state index contributed by atoms with van der Waals surface area (Å²) in [5.74, 6) is 1.33. The van der Waals surface area contributed by atoms with Crippen molar-refractivity contribution in [2.75, 3.05) is 13.1 Å². The van der Waals surface area contributed by atoms with E-state index in [0.29, 0.717) is 12.0 Å². The minimum Gasteiger partial charge on any atom is -0.355 e. The molecule has 0 radical (unpaired) electrons. The van der Waals surface area contributed by atoms with Crippen LogP contribution in [0.25, 0.3) is 0 Å². The summed E-state index contributed by atoms with van der Waals surface area (Å²) in [4.78, 5) is 11.5. The number of hydrogen-bond acceptors (Lipinski definition) is 2. The molecule has 0 aromatic heterocycles. The van der Waals surface area contributed by atoms with Crippen LogP contribution < -0.4 is 10.6 Å². The van der Waals surface area contributed by atoms with Crippen molar-refractivity contribution < 1.29 is 4.79 Å². The number of nitrogens with one attached hydrogen (secondary N) is 2. The molecule has 2 fully saturated rings. The van der Waals surface area contributed by atoms with Crippen LogP contribution >= 0.6 is 0 Å². The zero-order valence-electron chi connectivity index (χ0n) is 11.3. The van der Waals surface area contributed by atoms with E-state index in [-0.39, 0.29) is 5.91 Å². The third-order valence-electron chi connectivity index (χ3n) is 3.99. The van der Waals surface area contributed by atoms with Gasteiger partial charge in [0.25, 0.3) is 0 Å². The number of benzene rings is 1. The van der Waals surface area contributed by atoms with Crippen molar-refractivity contribution in [2.24, 2.45) is 11.8 Å². The average Bonchev–Trinajstić information content (AvgIpc) is 3.30. The molecule has 0 spiro atoms. The predicted molar refractivity (Wildman–Crippen MR) is 75.6 cm³/mol. The van der Waals surface area contributed by atoms with Gasteiger partial charge in [-0.2, -0.15) is 0 Å². The largest absolute Gasteiger partial charge is 0.355 e. The molecular formula is C16H22N2O. The highest BCUT2D eigenvalue weighted by molar-refractivity contribution is 5.80. The zero-order valence-corrected chi connectivity index (χ0v) is 11.3. The van der Waals surface area contributed by atoms with Crippen LogP contribution in [0.3, 0.4) is 0 Å². The van der Waals surface area contributed by atoms with Crippen LogP contribution in [0.2, 0.25) is 0 Å². The second kappa shape index (κ2) is 5.74. The second-order valence-electron chi connectivity index (χ2n) is 5.75.